The number of carboxylic acid groups (broad SMARTS) is 1. The van der Waals surface area contributed by atoms with Crippen molar-refractivity contribution in [3.63, 3.8) is 0 Å². The molecular weight excluding hydrogens is 250 g/mol. The number of carbonyl (C=O) groups excluding carboxylic acids is 1. The molecule has 7 nitrogen and oxygen atoms in total. The Bertz CT molecular complexity index is 393. The van der Waals surface area contributed by atoms with Gasteiger partial charge in [0.1, 0.15) is 6.04 Å². The van der Waals surface area contributed by atoms with Gasteiger partial charge in [-0.25, -0.2) is 9.59 Å². The number of likely N-dealkylation sites (tertiary alicyclic amines) is 1. The second kappa shape index (κ2) is 6.38. The average Bonchev–Trinajstić information content (AvgIpc) is 2.77. The first-order chi connectivity index (χ1) is 8.90. The van der Waals surface area contributed by atoms with Crippen molar-refractivity contribution in [2.75, 3.05) is 19.6 Å². The van der Waals surface area contributed by atoms with Crippen LogP contribution in [0.3, 0.4) is 0 Å². The van der Waals surface area contributed by atoms with Crippen molar-refractivity contribution in [2.45, 2.75) is 32.4 Å². The molecular formula is C12H19N3O4. The van der Waals surface area contributed by atoms with Crippen LogP contribution >= 0.6 is 0 Å². The Morgan fingerprint density at radius 1 is 1.58 bits per heavy atom. The highest BCUT2D eigenvalue weighted by Crippen LogP contribution is 2.20. The largest absolute Gasteiger partial charge is 0.480 e. The molecule has 0 spiro atoms. The van der Waals surface area contributed by atoms with Crippen molar-refractivity contribution in [3.05, 3.63) is 0 Å². The highest BCUT2D eigenvalue weighted by molar-refractivity contribution is 5.83. The van der Waals surface area contributed by atoms with E-state index in [-0.39, 0.29) is 25.4 Å². The molecule has 0 aromatic rings. The van der Waals surface area contributed by atoms with Crippen molar-refractivity contribution < 1.29 is 19.8 Å². The average molecular weight is 269 g/mol. The maximum absolute atomic E-state index is 12.3. The van der Waals surface area contributed by atoms with Crippen LogP contribution in [0.15, 0.2) is 0 Å². The third-order valence-electron chi connectivity index (χ3n) is 3.18. The molecule has 1 rings (SSSR count). The maximum atomic E-state index is 12.3. The molecule has 0 radical (unpaired) electrons. The summed E-state index contributed by atoms with van der Waals surface area (Å²) < 4.78 is 0. The predicted octanol–water partition coefficient (Wildman–Crippen LogP) is 0.108. The van der Waals surface area contributed by atoms with Gasteiger partial charge in [0.05, 0.1) is 18.1 Å². The van der Waals surface area contributed by atoms with E-state index >= 15 is 0 Å². The number of carboxylic acids is 1. The van der Waals surface area contributed by atoms with Crippen LogP contribution in [-0.4, -0.2) is 63.8 Å². The van der Waals surface area contributed by atoms with Crippen LogP contribution in [0.1, 0.15) is 20.3 Å². The minimum Gasteiger partial charge on any atom is -0.480 e. The number of carbonyl (C=O) groups is 2. The maximum Gasteiger partial charge on any atom is 0.326 e. The van der Waals surface area contributed by atoms with Crippen molar-refractivity contribution in [1.29, 1.82) is 5.26 Å². The van der Waals surface area contributed by atoms with E-state index in [4.69, 9.17) is 10.4 Å². The monoisotopic (exact) mass is 269 g/mol. The molecule has 1 heterocycles. The smallest absolute Gasteiger partial charge is 0.326 e. The lowest BCUT2D eigenvalue weighted by atomic mass is 10.2. The number of aliphatic hydroxyl groups excluding tert-OH is 1. The molecule has 2 amide bonds. The van der Waals surface area contributed by atoms with Crippen LogP contribution in [0.25, 0.3) is 0 Å². The summed E-state index contributed by atoms with van der Waals surface area (Å²) >= 11 is 0. The van der Waals surface area contributed by atoms with Gasteiger partial charge in [-0.2, -0.15) is 5.26 Å². The molecule has 7 heteroatoms. The van der Waals surface area contributed by atoms with Gasteiger partial charge in [0.25, 0.3) is 0 Å². The van der Waals surface area contributed by atoms with Crippen LogP contribution < -0.4 is 0 Å². The third-order valence-corrected chi connectivity index (χ3v) is 3.18. The van der Waals surface area contributed by atoms with Crippen molar-refractivity contribution in [1.82, 2.24) is 9.80 Å². The minimum atomic E-state index is -1.12. The Labute approximate surface area is 112 Å². The van der Waals surface area contributed by atoms with Gasteiger partial charge in [0.15, 0.2) is 0 Å². The summed E-state index contributed by atoms with van der Waals surface area (Å²) in [6.45, 7) is 4.13. The third kappa shape index (κ3) is 3.58. The molecule has 0 aromatic carbocycles. The summed E-state index contributed by atoms with van der Waals surface area (Å²) in [5.74, 6) is -1.44. The van der Waals surface area contributed by atoms with Gasteiger partial charge < -0.3 is 20.0 Å². The van der Waals surface area contributed by atoms with E-state index in [1.807, 2.05) is 6.07 Å². The number of aliphatic hydroxyl groups is 1. The number of β-amino-alcohol motifs (C(OH)–C–C–N with tert-alkyl or cyclic N) is 1. The molecule has 1 aliphatic rings. The summed E-state index contributed by atoms with van der Waals surface area (Å²) in [5.41, 5.74) is 0. The van der Waals surface area contributed by atoms with E-state index < -0.39 is 24.1 Å². The molecule has 1 fully saturated rings. The molecule has 0 aromatic heterocycles. The van der Waals surface area contributed by atoms with E-state index in [1.165, 1.54) is 9.80 Å². The van der Waals surface area contributed by atoms with Crippen LogP contribution in [0.2, 0.25) is 0 Å². The Hall–Kier alpha value is -1.81. The highest BCUT2D eigenvalue weighted by atomic mass is 16.4. The Morgan fingerprint density at radius 2 is 2.21 bits per heavy atom. The number of aliphatic carboxylic acids is 1. The predicted molar refractivity (Wildman–Crippen MR) is 66.2 cm³/mol. The summed E-state index contributed by atoms with van der Waals surface area (Å²) in [5, 5.41) is 27.4. The first-order valence-electron chi connectivity index (χ1n) is 6.26. The zero-order chi connectivity index (χ0) is 14.6. The number of nitriles is 1. The SMILES string of the molecule is CCN(CC(C)C#N)C(=O)N1CC(O)C[C@H]1C(=O)O. The van der Waals surface area contributed by atoms with E-state index in [0.717, 1.165) is 0 Å². The minimum absolute atomic E-state index is 0.0211. The fourth-order valence-electron chi connectivity index (χ4n) is 2.15. The number of rotatable bonds is 4. The zero-order valence-electron chi connectivity index (χ0n) is 11.1. The molecule has 2 unspecified atom stereocenters. The lowest BCUT2D eigenvalue weighted by Crippen LogP contribution is -2.49. The Balaban J connectivity index is 2.79. The quantitative estimate of drug-likeness (QED) is 0.753. The summed E-state index contributed by atoms with van der Waals surface area (Å²) in [6, 6.07) is 0.612. The lowest BCUT2D eigenvalue weighted by Gasteiger charge is -2.30. The van der Waals surface area contributed by atoms with E-state index in [1.54, 1.807) is 13.8 Å². The summed E-state index contributed by atoms with van der Waals surface area (Å²) in [4.78, 5) is 25.9. The summed E-state index contributed by atoms with van der Waals surface area (Å²) in [7, 11) is 0. The van der Waals surface area contributed by atoms with Crippen molar-refractivity contribution >= 4 is 12.0 Å². The van der Waals surface area contributed by atoms with Gasteiger partial charge in [0, 0.05) is 26.1 Å². The van der Waals surface area contributed by atoms with Gasteiger partial charge in [0.2, 0.25) is 0 Å². The molecule has 19 heavy (non-hydrogen) atoms. The Kier molecular flexibility index (Phi) is 5.12. The molecule has 0 saturated carbocycles. The van der Waals surface area contributed by atoms with Crippen LogP contribution in [0, 0.1) is 17.2 Å². The topological polar surface area (TPSA) is 105 Å². The molecule has 1 aliphatic heterocycles. The molecule has 1 saturated heterocycles. The first kappa shape index (κ1) is 15.2. The second-order valence-corrected chi connectivity index (χ2v) is 4.75. The summed E-state index contributed by atoms with van der Waals surface area (Å²) in [6.07, 6.45) is -0.760. The van der Waals surface area contributed by atoms with Gasteiger partial charge in [-0.1, -0.05) is 0 Å². The molecule has 106 valence electrons. The van der Waals surface area contributed by atoms with Crippen molar-refractivity contribution in [2.24, 2.45) is 5.92 Å². The van der Waals surface area contributed by atoms with E-state index in [2.05, 4.69) is 0 Å². The second-order valence-electron chi connectivity index (χ2n) is 4.75. The van der Waals surface area contributed by atoms with Crippen LogP contribution in [0.4, 0.5) is 4.79 Å². The van der Waals surface area contributed by atoms with E-state index in [0.29, 0.717) is 6.54 Å². The molecule has 0 bridgehead atoms. The van der Waals surface area contributed by atoms with Gasteiger partial charge in [-0.3, -0.25) is 0 Å². The fourth-order valence-corrected chi connectivity index (χ4v) is 2.15. The number of urea groups is 1. The standard InChI is InChI=1S/C12H19N3O4/c1-3-14(6-8(2)5-13)12(19)15-7-9(16)4-10(15)11(17)18/h8-10,16H,3-4,6-7H2,1-2H3,(H,17,18)/t8?,9?,10-/m0/s1. The molecule has 3 atom stereocenters. The molecule has 2 N–H and O–H groups in total. The number of amides is 2. The lowest BCUT2D eigenvalue weighted by molar-refractivity contribution is -0.141. The first-order valence-corrected chi connectivity index (χ1v) is 6.26. The van der Waals surface area contributed by atoms with Gasteiger partial charge >= 0.3 is 12.0 Å². The van der Waals surface area contributed by atoms with Crippen molar-refractivity contribution in [3.8, 4) is 6.07 Å². The Morgan fingerprint density at radius 3 is 2.68 bits per heavy atom. The normalized spacial score (nSPS) is 23.8. The molecule has 0 aliphatic carbocycles. The van der Waals surface area contributed by atoms with Gasteiger partial charge in [-0.15, -0.1) is 0 Å². The van der Waals surface area contributed by atoms with E-state index in [9.17, 15) is 14.7 Å². The number of hydrogen-bond acceptors (Lipinski definition) is 4. The zero-order valence-corrected chi connectivity index (χ0v) is 11.1. The van der Waals surface area contributed by atoms with Crippen LogP contribution in [0.5, 0.6) is 0 Å². The fraction of sp³-hybridized carbons (Fsp3) is 0.750. The van der Waals surface area contributed by atoms with Gasteiger partial charge in [-0.05, 0) is 13.8 Å². The van der Waals surface area contributed by atoms with Crippen LogP contribution in [-0.2, 0) is 4.79 Å². The highest BCUT2D eigenvalue weighted by Gasteiger charge is 2.40. The number of nitrogens with zero attached hydrogens (tertiary/aromatic N) is 3. The number of hydrogen-bond donors (Lipinski definition) is 2.